The van der Waals surface area contributed by atoms with Gasteiger partial charge >= 0.3 is 0 Å². The molecule has 2 rings (SSSR count). The Morgan fingerprint density at radius 2 is 2.33 bits per heavy atom. The van der Waals surface area contributed by atoms with Gasteiger partial charge in [-0.2, -0.15) is 11.8 Å². The maximum atomic E-state index is 5.98. The van der Waals surface area contributed by atoms with Gasteiger partial charge in [0.2, 0.25) is 0 Å². The second-order valence-electron chi connectivity index (χ2n) is 4.84. The van der Waals surface area contributed by atoms with E-state index in [2.05, 4.69) is 31.0 Å². The summed E-state index contributed by atoms with van der Waals surface area (Å²) in [5.74, 6) is 4.14. The van der Waals surface area contributed by atoms with E-state index in [9.17, 15) is 0 Å². The van der Waals surface area contributed by atoms with Crippen molar-refractivity contribution in [1.29, 1.82) is 0 Å². The highest BCUT2D eigenvalue weighted by molar-refractivity contribution is 7.99. The van der Waals surface area contributed by atoms with Crippen molar-refractivity contribution in [2.45, 2.75) is 38.1 Å². The molecule has 0 aromatic carbocycles. The lowest BCUT2D eigenvalue weighted by atomic mass is 10.1. The number of pyridine rings is 1. The van der Waals surface area contributed by atoms with Crippen LogP contribution >= 0.6 is 23.4 Å². The van der Waals surface area contributed by atoms with Crippen molar-refractivity contribution in [3.63, 3.8) is 0 Å². The van der Waals surface area contributed by atoms with Gasteiger partial charge in [-0.3, -0.25) is 0 Å². The Hall–Kier alpha value is -0.410. The summed E-state index contributed by atoms with van der Waals surface area (Å²) in [5, 5.41) is 0. The van der Waals surface area contributed by atoms with E-state index in [4.69, 9.17) is 16.6 Å². The van der Waals surface area contributed by atoms with E-state index in [0.717, 1.165) is 18.7 Å². The van der Waals surface area contributed by atoms with Gasteiger partial charge in [0, 0.05) is 30.4 Å². The lowest BCUT2D eigenvalue weighted by Crippen LogP contribution is -2.32. The van der Waals surface area contributed by atoms with Crippen LogP contribution in [0.1, 0.15) is 31.0 Å². The number of aryl methyl sites for hydroxylation is 1. The van der Waals surface area contributed by atoms with E-state index in [0.29, 0.717) is 11.9 Å². The molecule has 1 atom stereocenters. The zero-order chi connectivity index (χ0) is 13.0. The van der Waals surface area contributed by atoms with Gasteiger partial charge in [0.15, 0.2) is 0 Å². The van der Waals surface area contributed by atoms with E-state index in [1.165, 1.54) is 29.2 Å². The second kappa shape index (κ2) is 6.67. The van der Waals surface area contributed by atoms with Gasteiger partial charge in [-0.1, -0.05) is 13.3 Å². The summed E-state index contributed by atoms with van der Waals surface area (Å²) in [6, 6.07) is 4.90. The summed E-state index contributed by atoms with van der Waals surface area (Å²) in [6.45, 7) is 2.19. The lowest BCUT2D eigenvalue weighted by molar-refractivity contribution is 0.688. The zero-order valence-corrected chi connectivity index (χ0v) is 12.7. The number of anilines is 1. The van der Waals surface area contributed by atoms with Crippen molar-refractivity contribution in [2.24, 2.45) is 0 Å². The molecule has 0 N–H and O–H groups in total. The van der Waals surface area contributed by atoms with E-state index < -0.39 is 0 Å². The summed E-state index contributed by atoms with van der Waals surface area (Å²) < 4.78 is 0. The van der Waals surface area contributed by atoms with Crippen LogP contribution in [0.3, 0.4) is 0 Å². The third-order valence-electron chi connectivity index (χ3n) is 3.40. The predicted molar refractivity (Wildman–Crippen MR) is 81.9 cm³/mol. The first-order chi connectivity index (χ1) is 8.74. The highest BCUT2D eigenvalue weighted by atomic mass is 35.5. The highest BCUT2D eigenvalue weighted by Gasteiger charge is 2.21. The molecule has 1 fully saturated rings. The molecule has 1 aliphatic heterocycles. The molecule has 1 unspecified atom stereocenters. The van der Waals surface area contributed by atoms with Gasteiger partial charge in [-0.05, 0) is 36.3 Å². The van der Waals surface area contributed by atoms with Crippen LogP contribution in [0.15, 0.2) is 12.1 Å². The van der Waals surface area contributed by atoms with Gasteiger partial charge in [0.1, 0.15) is 5.82 Å². The highest BCUT2D eigenvalue weighted by Crippen LogP contribution is 2.26. The number of halogens is 1. The molecular weight excluding hydrogens is 264 g/mol. The Labute approximate surface area is 119 Å². The molecule has 100 valence electrons. The first-order valence-corrected chi connectivity index (χ1v) is 8.30. The van der Waals surface area contributed by atoms with Gasteiger partial charge in [-0.15, -0.1) is 11.6 Å². The molecule has 0 bridgehead atoms. The first-order valence-electron chi connectivity index (χ1n) is 6.61. The molecule has 2 nitrogen and oxygen atoms in total. The summed E-state index contributed by atoms with van der Waals surface area (Å²) >= 11 is 8.02. The standard InChI is InChI=1S/C14H21ClN2S/c1-3-4-12-7-11(9-15)8-14(16-12)17(2)13-5-6-18-10-13/h7-8,13H,3-6,9-10H2,1-2H3. The van der Waals surface area contributed by atoms with Crippen LogP contribution < -0.4 is 4.90 Å². The fourth-order valence-corrected chi connectivity index (χ4v) is 3.71. The topological polar surface area (TPSA) is 16.1 Å². The van der Waals surface area contributed by atoms with Crippen LogP contribution in [0.25, 0.3) is 0 Å². The molecule has 0 amide bonds. The SMILES string of the molecule is CCCc1cc(CCl)cc(N(C)C2CCSC2)n1. The molecule has 0 radical (unpaired) electrons. The molecule has 4 heteroatoms. The number of hydrogen-bond donors (Lipinski definition) is 0. The molecule has 1 aromatic heterocycles. The number of aromatic nitrogens is 1. The van der Waals surface area contributed by atoms with Crippen LogP contribution in [0.4, 0.5) is 5.82 Å². The van der Waals surface area contributed by atoms with Crippen molar-refractivity contribution >= 4 is 29.2 Å². The van der Waals surface area contributed by atoms with Crippen molar-refractivity contribution in [2.75, 3.05) is 23.5 Å². The fourth-order valence-electron chi connectivity index (χ4n) is 2.29. The maximum Gasteiger partial charge on any atom is 0.129 e. The van der Waals surface area contributed by atoms with E-state index in [1.54, 1.807) is 0 Å². The van der Waals surface area contributed by atoms with Gasteiger partial charge in [0.25, 0.3) is 0 Å². The number of hydrogen-bond acceptors (Lipinski definition) is 3. The third-order valence-corrected chi connectivity index (χ3v) is 4.85. The molecule has 0 spiro atoms. The monoisotopic (exact) mass is 284 g/mol. The Kier molecular flexibility index (Phi) is 5.19. The molecule has 0 saturated carbocycles. The molecule has 1 aromatic rings. The molecule has 2 heterocycles. The maximum absolute atomic E-state index is 5.98. The third kappa shape index (κ3) is 3.33. The molecule has 1 saturated heterocycles. The molecule has 0 aliphatic carbocycles. The predicted octanol–water partition coefficient (Wildman–Crippen LogP) is 3.71. The summed E-state index contributed by atoms with van der Waals surface area (Å²) in [7, 11) is 2.16. The second-order valence-corrected chi connectivity index (χ2v) is 6.25. The number of nitrogens with zero attached hydrogens (tertiary/aromatic N) is 2. The minimum absolute atomic E-state index is 0.569. The van der Waals surface area contributed by atoms with Crippen LogP contribution in [-0.4, -0.2) is 29.6 Å². The van der Waals surface area contributed by atoms with Crippen LogP contribution in [0.2, 0.25) is 0 Å². The average molecular weight is 285 g/mol. The van der Waals surface area contributed by atoms with Crippen molar-refractivity contribution in [1.82, 2.24) is 4.98 Å². The van der Waals surface area contributed by atoms with E-state index in [-0.39, 0.29) is 0 Å². The van der Waals surface area contributed by atoms with Crippen LogP contribution in [-0.2, 0) is 12.3 Å². The van der Waals surface area contributed by atoms with Gasteiger partial charge in [0.05, 0.1) is 0 Å². The quantitative estimate of drug-likeness (QED) is 0.767. The Balaban J connectivity index is 2.21. The zero-order valence-electron chi connectivity index (χ0n) is 11.2. The molecular formula is C14H21ClN2S. The largest absolute Gasteiger partial charge is 0.356 e. The lowest BCUT2D eigenvalue weighted by Gasteiger charge is -2.25. The van der Waals surface area contributed by atoms with Crippen molar-refractivity contribution in [3.05, 3.63) is 23.4 Å². The fraction of sp³-hybridized carbons (Fsp3) is 0.643. The van der Waals surface area contributed by atoms with Gasteiger partial charge < -0.3 is 4.90 Å². The van der Waals surface area contributed by atoms with E-state index in [1.807, 2.05) is 11.8 Å². The van der Waals surface area contributed by atoms with E-state index >= 15 is 0 Å². The summed E-state index contributed by atoms with van der Waals surface area (Å²) in [5.41, 5.74) is 2.35. The Morgan fingerprint density at radius 3 is 2.94 bits per heavy atom. The first kappa shape index (κ1) is 14.0. The Morgan fingerprint density at radius 1 is 1.50 bits per heavy atom. The van der Waals surface area contributed by atoms with Crippen molar-refractivity contribution < 1.29 is 0 Å². The Bertz CT molecular complexity index is 391. The van der Waals surface area contributed by atoms with Crippen LogP contribution in [0, 0.1) is 0 Å². The minimum atomic E-state index is 0.569. The normalized spacial score (nSPS) is 19.2. The smallest absolute Gasteiger partial charge is 0.129 e. The summed E-state index contributed by atoms with van der Waals surface area (Å²) in [4.78, 5) is 7.10. The number of alkyl halides is 1. The minimum Gasteiger partial charge on any atom is -0.356 e. The summed E-state index contributed by atoms with van der Waals surface area (Å²) in [6.07, 6.45) is 3.42. The average Bonchev–Trinajstić information content (AvgIpc) is 2.91. The molecule has 18 heavy (non-hydrogen) atoms. The van der Waals surface area contributed by atoms with Crippen molar-refractivity contribution in [3.8, 4) is 0 Å². The van der Waals surface area contributed by atoms with Gasteiger partial charge in [-0.25, -0.2) is 4.98 Å². The molecule has 1 aliphatic rings. The number of rotatable bonds is 5. The number of thioether (sulfide) groups is 1. The van der Waals surface area contributed by atoms with Crippen LogP contribution in [0.5, 0.6) is 0 Å².